The monoisotopic (exact) mass is 531 g/mol. The van der Waals surface area contributed by atoms with Crippen LogP contribution in [0.15, 0.2) is 46.0 Å². The Morgan fingerprint density at radius 3 is 2.55 bits per heavy atom. The molecule has 0 aliphatic carbocycles. The van der Waals surface area contributed by atoms with Crippen molar-refractivity contribution in [3.8, 4) is 0 Å². The van der Waals surface area contributed by atoms with Gasteiger partial charge in [0, 0.05) is 57.0 Å². The molecule has 158 valence electrons. The van der Waals surface area contributed by atoms with Gasteiger partial charge in [0.15, 0.2) is 11.7 Å². The maximum atomic E-state index is 11.9. The highest BCUT2D eigenvalue weighted by atomic mass is 127. The standard InChI is InChI=1S/C20H26ClN5O2.HI/c1-15-5-6-16(21)14-17(15)25-9-11-26(12-10-25)20(22-2)24-8-7-23-19(27)18-4-3-13-28-18;/h3-6,13-14H,7-12H2,1-2H3,(H,22,24)(H,23,27);1H. The summed E-state index contributed by atoms with van der Waals surface area (Å²) < 4.78 is 5.07. The number of aliphatic imine (C=N–C) groups is 1. The average Bonchev–Trinajstić information content (AvgIpc) is 3.25. The molecular weight excluding hydrogens is 505 g/mol. The summed E-state index contributed by atoms with van der Waals surface area (Å²) in [4.78, 5) is 20.8. The van der Waals surface area contributed by atoms with E-state index in [0.29, 0.717) is 18.8 Å². The zero-order valence-electron chi connectivity index (χ0n) is 16.7. The molecule has 2 aromatic rings. The summed E-state index contributed by atoms with van der Waals surface area (Å²) >= 11 is 6.16. The van der Waals surface area contributed by atoms with Crippen molar-refractivity contribution in [1.82, 2.24) is 15.5 Å². The number of nitrogens with one attached hydrogen (secondary N) is 2. The highest BCUT2D eigenvalue weighted by Crippen LogP contribution is 2.25. The van der Waals surface area contributed by atoms with Crippen molar-refractivity contribution in [1.29, 1.82) is 0 Å². The number of amides is 1. The molecule has 0 bridgehead atoms. The predicted molar refractivity (Wildman–Crippen MR) is 128 cm³/mol. The Labute approximate surface area is 193 Å². The largest absolute Gasteiger partial charge is 0.459 e. The number of guanidine groups is 1. The van der Waals surface area contributed by atoms with Gasteiger partial charge in [0.25, 0.3) is 5.91 Å². The molecular formula is C20H27ClIN5O2. The Morgan fingerprint density at radius 1 is 1.17 bits per heavy atom. The second-order valence-corrected chi connectivity index (χ2v) is 7.05. The fourth-order valence-corrected chi connectivity index (χ4v) is 3.43. The van der Waals surface area contributed by atoms with E-state index < -0.39 is 0 Å². The summed E-state index contributed by atoms with van der Waals surface area (Å²) in [7, 11) is 1.78. The van der Waals surface area contributed by atoms with Gasteiger partial charge in [-0.1, -0.05) is 17.7 Å². The van der Waals surface area contributed by atoms with Crippen LogP contribution in [0.4, 0.5) is 5.69 Å². The number of hydrogen-bond acceptors (Lipinski definition) is 4. The van der Waals surface area contributed by atoms with Crippen LogP contribution in [0, 0.1) is 6.92 Å². The minimum absolute atomic E-state index is 0. The van der Waals surface area contributed by atoms with Crippen LogP contribution < -0.4 is 15.5 Å². The lowest BCUT2D eigenvalue weighted by Crippen LogP contribution is -2.53. The van der Waals surface area contributed by atoms with Crippen molar-refractivity contribution in [2.45, 2.75) is 6.92 Å². The molecule has 1 amide bonds. The van der Waals surface area contributed by atoms with Gasteiger partial charge < -0.3 is 24.9 Å². The van der Waals surface area contributed by atoms with Gasteiger partial charge in [-0.2, -0.15) is 0 Å². The van der Waals surface area contributed by atoms with E-state index in [-0.39, 0.29) is 29.9 Å². The van der Waals surface area contributed by atoms with Crippen LogP contribution in [0.1, 0.15) is 16.1 Å². The SMILES string of the molecule is CN=C(NCCNC(=O)c1ccco1)N1CCN(c2cc(Cl)ccc2C)CC1.I. The van der Waals surface area contributed by atoms with E-state index >= 15 is 0 Å². The molecule has 7 nitrogen and oxygen atoms in total. The van der Waals surface area contributed by atoms with Crippen LogP contribution in [0.5, 0.6) is 0 Å². The second kappa shape index (κ2) is 11.3. The van der Waals surface area contributed by atoms with E-state index in [1.54, 1.807) is 19.2 Å². The maximum absolute atomic E-state index is 11.9. The molecule has 1 fully saturated rings. The molecule has 1 aliphatic heterocycles. The highest BCUT2D eigenvalue weighted by molar-refractivity contribution is 14.0. The van der Waals surface area contributed by atoms with Gasteiger partial charge in [-0.3, -0.25) is 9.79 Å². The van der Waals surface area contributed by atoms with Gasteiger partial charge in [-0.25, -0.2) is 0 Å². The normalized spacial score (nSPS) is 14.4. The Balaban J connectivity index is 0.00000300. The fourth-order valence-electron chi connectivity index (χ4n) is 3.26. The molecule has 9 heteroatoms. The smallest absolute Gasteiger partial charge is 0.287 e. The molecule has 0 radical (unpaired) electrons. The van der Waals surface area contributed by atoms with Crippen molar-refractivity contribution < 1.29 is 9.21 Å². The van der Waals surface area contributed by atoms with Crippen molar-refractivity contribution in [2.75, 3.05) is 51.2 Å². The van der Waals surface area contributed by atoms with Gasteiger partial charge >= 0.3 is 0 Å². The zero-order valence-corrected chi connectivity index (χ0v) is 19.7. The molecule has 1 saturated heterocycles. The lowest BCUT2D eigenvalue weighted by molar-refractivity contribution is 0.0926. The Kier molecular flexibility index (Phi) is 9.09. The first-order valence-corrected chi connectivity index (χ1v) is 9.74. The van der Waals surface area contributed by atoms with E-state index in [9.17, 15) is 4.79 Å². The van der Waals surface area contributed by atoms with E-state index in [1.807, 2.05) is 12.1 Å². The Bertz CT molecular complexity index is 820. The molecule has 0 unspecified atom stereocenters. The third-order valence-electron chi connectivity index (χ3n) is 4.74. The maximum Gasteiger partial charge on any atom is 0.287 e. The van der Waals surface area contributed by atoms with Crippen LogP contribution in [-0.4, -0.2) is 63.1 Å². The number of carbonyl (C=O) groups excluding carboxylic acids is 1. The van der Waals surface area contributed by atoms with Gasteiger partial charge in [-0.15, -0.1) is 24.0 Å². The third-order valence-corrected chi connectivity index (χ3v) is 4.98. The number of benzene rings is 1. The summed E-state index contributed by atoms with van der Waals surface area (Å²) in [5.41, 5.74) is 2.42. The molecule has 3 rings (SSSR count). The Morgan fingerprint density at radius 2 is 1.90 bits per heavy atom. The van der Waals surface area contributed by atoms with Crippen LogP contribution in [0.25, 0.3) is 0 Å². The summed E-state index contributed by atoms with van der Waals surface area (Å²) in [6, 6.07) is 9.35. The van der Waals surface area contributed by atoms with Crippen molar-refractivity contribution in [3.05, 3.63) is 52.9 Å². The van der Waals surface area contributed by atoms with E-state index in [1.165, 1.54) is 17.5 Å². The van der Waals surface area contributed by atoms with Crippen LogP contribution in [0.2, 0.25) is 5.02 Å². The lowest BCUT2D eigenvalue weighted by atomic mass is 10.1. The summed E-state index contributed by atoms with van der Waals surface area (Å²) in [5.74, 6) is 0.943. The molecule has 1 aromatic carbocycles. The molecule has 2 N–H and O–H groups in total. The molecule has 1 aromatic heterocycles. The summed E-state index contributed by atoms with van der Waals surface area (Å²) in [5, 5.41) is 6.89. The van der Waals surface area contributed by atoms with Gasteiger partial charge in [0.1, 0.15) is 0 Å². The number of aryl methyl sites for hydroxylation is 1. The average molecular weight is 532 g/mol. The molecule has 0 saturated carbocycles. The molecule has 2 heterocycles. The third kappa shape index (κ3) is 6.27. The summed E-state index contributed by atoms with van der Waals surface area (Å²) in [6.07, 6.45) is 1.49. The predicted octanol–water partition coefficient (Wildman–Crippen LogP) is 2.99. The van der Waals surface area contributed by atoms with Crippen LogP contribution in [-0.2, 0) is 0 Å². The first kappa shape index (κ1) is 23.3. The minimum atomic E-state index is -0.215. The first-order valence-electron chi connectivity index (χ1n) is 9.37. The van der Waals surface area contributed by atoms with Gasteiger partial charge in [0.05, 0.1) is 6.26 Å². The molecule has 0 atom stereocenters. The van der Waals surface area contributed by atoms with E-state index in [0.717, 1.165) is 37.2 Å². The molecule has 29 heavy (non-hydrogen) atoms. The Hall–Kier alpha value is -1.94. The minimum Gasteiger partial charge on any atom is -0.459 e. The number of hydrogen-bond donors (Lipinski definition) is 2. The topological polar surface area (TPSA) is 73.1 Å². The quantitative estimate of drug-likeness (QED) is 0.269. The highest BCUT2D eigenvalue weighted by Gasteiger charge is 2.21. The van der Waals surface area contributed by atoms with Gasteiger partial charge in [-0.05, 0) is 36.8 Å². The number of furan rings is 1. The number of carbonyl (C=O) groups is 1. The molecule has 0 spiro atoms. The second-order valence-electron chi connectivity index (χ2n) is 6.61. The van der Waals surface area contributed by atoms with Crippen molar-refractivity contribution in [2.24, 2.45) is 4.99 Å². The van der Waals surface area contributed by atoms with E-state index in [2.05, 4.69) is 38.4 Å². The zero-order chi connectivity index (χ0) is 19.9. The first-order chi connectivity index (χ1) is 13.6. The number of rotatable bonds is 5. The summed E-state index contributed by atoms with van der Waals surface area (Å²) in [6.45, 7) is 6.71. The van der Waals surface area contributed by atoms with Crippen LogP contribution >= 0.6 is 35.6 Å². The van der Waals surface area contributed by atoms with Gasteiger partial charge in [0.2, 0.25) is 0 Å². The van der Waals surface area contributed by atoms with Crippen LogP contribution in [0.3, 0.4) is 0 Å². The number of anilines is 1. The van der Waals surface area contributed by atoms with Crippen molar-refractivity contribution >= 4 is 53.1 Å². The number of piperazine rings is 1. The molecule has 1 aliphatic rings. The number of nitrogens with zero attached hydrogens (tertiary/aromatic N) is 3. The van der Waals surface area contributed by atoms with E-state index in [4.69, 9.17) is 16.0 Å². The fraction of sp³-hybridized carbons (Fsp3) is 0.400. The number of halogens is 2. The lowest BCUT2D eigenvalue weighted by Gasteiger charge is -2.38. The van der Waals surface area contributed by atoms with Crippen molar-refractivity contribution in [3.63, 3.8) is 0 Å².